The molecule has 3 amide bonds. The van der Waals surface area contributed by atoms with E-state index in [4.69, 9.17) is 4.52 Å². The molecule has 202 valence electrons. The Bertz CT molecular complexity index is 1290. The number of carbonyl (C=O) groups is 2. The molecule has 3 aromatic rings. The van der Waals surface area contributed by atoms with E-state index in [1.807, 2.05) is 19.1 Å². The van der Waals surface area contributed by atoms with Gasteiger partial charge in [-0.2, -0.15) is 13.2 Å². The maximum atomic E-state index is 13.5. The lowest BCUT2D eigenvalue weighted by Crippen LogP contribution is -2.42. The average molecular weight is 533 g/mol. The van der Waals surface area contributed by atoms with E-state index in [-0.39, 0.29) is 42.2 Å². The van der Waals surface area contributed by atoms with Crippen molar-refractivity contribution in [1.29, 1.82) is 0 Å². The van der Waals surface area contributed by atoms with Gasteiger partial charge in [-0.1, -0.05) is 24.3 Å². The number of anilines is 3. The van der Waals surface area contributed by atoms with E-state index < -0.39 is 23.7 Å². The van der Waals surface area contributed by atoms with Crippen LogP contribution in [-0.4, -0.2) is 28.9 Å². The normalized spacial score (nSPS) is 17.6. The van der Waals surface area contributed by atoms with Crippen molar-refractivity contribution in [1.82, 2.24) is 5.27 Å². The van der Waals surface area contributed by atoms with E-state index in [0.29, 0.717) is 0 Å². The highest BCUT2D eigenvalue weighted by Crippen LogP contribution is 2.34. The summed E-state index contributed by atoms with van der Waals surface area (Å²) in [5, 5.41) is 20.5. The Balaban J connectivity index is 1.42. The second-order valence-corrected chi connectivity index (χ2v) is 9.43. The van der Waals surface area contributed by atoms with Gasteiger partial charge in [0.05, 0.1) is 12.0 Å². The first-order valence-corrected chi connectivity index (χ1v) is 12.2. The summed E-state index contributed by atoms with van der Waals surface area (Å²) >= 11 is 0. The van der Waals surface area contributed by atoms with Gasteiger partial charge in [-0.3, -0.25) is 14.6 Å². The lowest BCUT2D eigenvalue weighted by Gasteiger charge is -2.21. The summed E-state index contributed by atoms with van der Waals surface area (Å²) in [6.07, 6.45) is 0.0991. The number of halogens is 3. The molecule has 1 fully saturated rings. The standard InChI is InChI=1S/C26H28F3N5O4/c1-16-4-2-3-5-18(16)10-23(36)30-20-11-19(26(27,28)29)12-21(13-20)31-25(37)32-24-14-34(33-38-24)22-8-6-17(15-35)7-9-22/h2-5,11-14,17,22,35H,6-10,15H2,1H3,(H2-,30,31,32,33,36,37)/p+1. The summed E-state index contributed by atoms with van der Waals surface area (Å²) in [6.45, 7) is 1.99. The lowest BCUT2D eigenvalue weighted by molar-refractivity contribution is -0.787. The van der Waals surface area contributed by atoms with Crippen LogP contribution in [0.5, 0.6) is 0 Å². The van der Waals surface area contributed by atoms with Crippen LogP contribution < -0.4 is 20.6 Å². The molecule has 0 spiro atoms. The molecular formula is C26H29F3N5O4+. The molecule has 1 saturated carbocycles. The Labute approximate surface area is 217 Å². The summed E-state index contributed by atoms with van der Waals surface area (Å²) in [7, 11) is 0. The third kappa shape index (κ3) is 7.09. The summed E-state index contributed by atoms with van der Waals surface area (Å²) in [6, 6.07) is 9.26. The van der Waals surface area contributed by atoms with Gasteiger partial charge in [-0.25, -0.2) is 4.79 Å². The monoisotopic (exact) mass is 532 g/mol. The number of hydrogen-bond donors (Lipinski definition) is 4. The van der Waals surface area contributed by atoms with Crippen LogP contribution in [0.4, 0.5) is 35.2 Å². The molecule has 0 unspecified atom stereocenters. The minimum atomic E-state index is -4.70. The van der Waals surface area contributed by atoms with Crippen molar-refractivity contribution in [3.05, 3.63) is 65.4 Å². The minimum Gasteiger partial charge on any atom is -0.396 e. The first-order valence-electron chi connectivity index (χ1n) is 12.2. The van der Waals surface area contributed by atoms with Crippen molar-refractivity contribution in [2.45, 2.75) is 51.2 Å². The van der Waals surface area contributed by atoms with Crippen LogP contribution in [0, 0.1) is 12.8 Å². The van der Waals surface area contributed by atoms with Gasteiger partial charge in [0.2, 0.25) is 11.2 Å². The fourth-order valence-electron chi connectivity index (χ4n) is 4.47. The third-order valence-corrected chi connectivity index (χ3v) is 6.58. The van der Waals surface area contributed by atoms with Gasteiger partial charge in [0.25, 0.3) is 6.20 Å². The van der Waals surface area contributed by atoms with E-state index in [1.165, 1.54) is 12.3 Å². The number of nitrogens with zero attached hydrogens (tertiary/aromatic N) is 2. The maximum Gasteiger partial charge on any atom is 0.416 e. The number of aliphatic hydroxyl groups excluding tert-OH is 1. The second kappa shape index (κ2) is 11.6. The fraction of sp³-hybridized carbons (Fsp3) is 0.385. The van der Waals surface area contributed by atoms with Gasteiger partial charge in [0, 0.05) is 30.8 Å². The SMILES string of the molecule is Cc1ccccc1CC(=O)Nc1cc(NC(=O)Nc2c[n+](C3CCC(CO)CC3)no2)cc(C(F)(F)F)c1. The zero-order valence-electron chi connectivity index (χ0n) is 20.7. The Morgan fingerprint density at radius 3 is 2.39 bits per heavy atom. The lowest BCUT2D eigenvalue weighted by atomic mass is 9.87. The van der Waals surface area contributed by atoms with E-state index >= 15 is 0 Å². The fourth-order valence-corrected chi connectivity index (χ4v) is 4.47. The molecule has 2 aromatic carbocycles. The van der Waals surface area contributed by atoms with E-state index in [0.717, 1.165) is 48.9 Å². The zero-order valence-corrected chi connectivity index (χ0v) is 20.7. The molecule has 12 heteroatoms. The zero-order chi connectivity index (χ0) is 27.3. The Kier molecular flexibility index (Phi) is 8.30. The number of carbonyl (C=O) groups excluding carboxylic acids is 2. The van der Waals surface area contributed by atoms with Gasteiger partial charge in [0.1, 0.15) is 0 Å². The number of aromatic nitrogens is 2. The quantitative estimate of drug-likeness (QED) is 0.325. The van der Waals surface area contributed by atoms with Gasteiger partial charge >= 0.3 is 18.1 Å². The van der Waals surface area contributed by atoms with Crippen molar-refractivity contribution < 1.29 is 37.1 Å². The Hall–Kier alpha value is -3.93. The number of amides is 3. The van der Waals surface area contributed by atoms with Crippen molar-refractivity contribution >= 4 is 29.2 Å². The molecule has 0 saturated heterocycles. The molecule has 0 radical (unpaired) electrons. The molecule has 1 aliphatic carbocycles. The molecule has 4 N–H and O–H groups in total. The molecule has 0 atom stereocenters. The van der Waals surface area contributed by atoms with Gasteiger partial charge in [-0.15, -0.1) is 0 Å². The van der Waals surface area contributed by atoms with Gasteiger partial charge in [0.15, 0.2) is 6.04 Å². The van der Waals surface area contributed by atoms with Crippen molar-refractivity contribution in [2.75, 3.05) is 22.6 Å². The summed E-state index contributed by atoms with van der Waals surface area (Å²) in [4.78, 5) is 25.0. The molecule has 4 rings (SSSR count). The summed E-state index contributed by atoms with van der Waals surface area (Å²) in [5.41, 5.74) is 0.332. The molecule has 0 aliphatic heterocycles. The molecule has 9 nitrogen and oxygen atoms in total. The number of alkyl halides is 3. The number of aryl methyl sites for hydroxylation is 1. The predicted molar refractivity (Wildman–Crippen MR) is 132 cm³/mol. The van der Waals surface area contributed by atoms with Crippen LogP contribution in [0.25, 0.3) is 0 Å². The van der Waals surface area contributed by atoms with Crippen molar-refractivity contribution in [3.63, 3.8) is 0 Å². The van der Waals surface area contributed by atoms with E-state index in [1.54, 1.807) is 16.8 Å². The van der Waals surface area contributed by atoms with Crippen LogP contribution in [0.1, 0.15) is 48.4 Å². The third-order valence-electron chi connectivity index (χ3n) is 6.58. The van der Waals surface area contributed by atoms with Crippen LogP contribution in [0.2, 0.25) is 0 Å². The second-order valence-electron chi connectivity index (χ2n) is 9.43. The number of aliphatic hydroxyl groups is 1. The highest BCUT2D eigenvalue weighted by molar-refractivity contribution is 6.00. The van der Waals surface area contributed by atoms with Crippen LogP contribution >= 0.6 is 0 Å². The smallest absolute Gasteiger partial charge is 0.396 e. The number of rotatable bonds is 7. The number of nitrogens with one attached hydrogen (secondary N) is 3. The minimum absolute atomic E-state index is 0.0146. The molecule has 38 heavy (non-hydrogen) atoms. The number of hydrogen-bond acceptors (Lipinski definition) is 5. The molecule has 0 bridgehead atoms. The van der Waals surface area contributed by atoms with Gasteiger partial charge in [-0.05, 0) is 59.7 Å². The van der Waals surface area contributed by atoms with Crippen molar-refractivity contribution in [2.24, 2.45) is 5.92 Å². The largest absolute Gasteiger partial charge is 0.416 e. The molecular weight excluding hydrogens is 503 g/mol. The van der Waals surface area contributed by atoms with Crippen LogP contribution in [0.3, 0.4) is 0 Å². The first-order chi connectivity index (χ1) is 18.1. The first kappa shape index (κ1) is 27.1. The highest BCUT2D eigenvalue weighted by Gasteiger charge is 2.32. The number of urea groups is 1. The van der Waals surface area contributed by atoms with Crippen LogP contribution in [0.15, 0.2) is 53.2 Å². The molecule has 1 aliphatic rings. The Morgan fingerprint density at radius 1 is 1.05 bits per heavy atom. The van der Waals surface area contributed by atoms with E-state index in [9.17, 15) is 27.9 Å². The average Bonchev–Trinajstić information content (AvgIpc) is 3.33. The predicted octanol–water partition coefficient (Wildman–Crippen LogP) is 4.84. The van der Waals surface area contributed by atoms with Gasteiger partial charge < -0.3 is 15.7 Å². The van der Waals surface area contributed by atoms with Crippen LogP contribution in [-0.2, 0) is 17.4 Å². The summed E-state index contributed by atoms with van der Waals surface area (Å²) in [5.74, 6) is -0.203. The molecule has 1 heterocycles. The Morgan fingerprint density at radius 2 is 1.74 bits per heavy atom. The summed E-state index contributed by atoms with van der Waals surface area (Å²) < 4.78 is 47.3. The maximum absolute atomic E-state index is 13.5. The topological polar surface area (TPSA) is 120 Å². The number of benzene rings is 2. The highest BCUT2D eigenvalue weighted by atomic mass is 19.4. The van der Waals surface area contributed by atoms with E-state index in [2.05, 4.69) is 21.2 Å². The van der Waals surface area contributed by atoms with Crippen molar-refractivity contribution in [3.8, 4) is 0 Å². The molecule has 1 aromatic heterocycles.